The van der Waals surface area contributed by atoms with Crippen LogP contribution in [0.15, 0.2) is 29.3 Å². The number of hydrogen-bond acceptors (Lipinski definition) is 3. The van der Waals surface area contributed by atoms with Crippen LogP contribution < -0.4 is 20.7 Å². The summed E-state index contributed by atoms with van der Waals surface area (Å²) in [7, 11) is 3.38. The first-order valence-electron chi connectivity index (χ1n) is 7.89. The second-order valence-electron chi connectivity index (χ2n) is 6.26. The zero-order valence-electron chi connectivity index (χ0n) is 14.3. The monoisotopic (exact) mass is 318 g/mol. The Morgan fingerprint density at radius 2 is 2.13 bits per heavy atom. The molecule has 3 N–H and O–H groups in total. The number of nitrogens with zero attached hydrogens (tertiary/aromatic N) is 1. The van der Waals surface area contributed by atoms with Gasteiger partial charge in [-0.25, -0.2) is 0 Å². The Kier molecular flexibility index (Phi) is 5.47. The number of benzene rings is 1. The first kappa shape index (κ1) is 17.1. The van der Waals surface area contributed by atoms with Gasteiger partial charge in [-0.1, -0.05) is 18.2 Å². The summed E-state index contributed by atoms with van der Waals surface area (Å²) < 4.78 is 5.68. The van der Waals surface area contributed by atoms with Crippen LogP contribution in [-0.4, -0.2) is 39.1 Å². The summed E-state index contributed by atoms with van der Waals surface area (Å²) in [6.45, 7) is 4.97. The molecule has 126 valence electrons. The molecular weight excluding hydrogens is 292 g/mol. The number of fused-ring (bicyclic) bond motifs is 1. The van der Waals surface area contributed by atoms with Crippen molar-refractivity contribution in [1.82, 2.24) is 16.0 Å². The molecule has 0 spiro atoms. The molecule has 0 bridgehead atoms. The van der Waals surface area contributed by atoms with Crippen molar-refractivity contribution in [3.05, 3.63) is 29.8 Å². The van der Waals surface area contributed by atoms with Crippen molar-refractivity contribution >= 4 is 11.9 Å². The Balaban J connectivity index is 2.00. The third-order valence-electron chi connectivity index (χ3n) is 4.03. The fraction of sp³-hybridized carbons (Fsp3) is 0.529. The molecule has 0 fully saturated rings. The quantitative estimate of drug-likeness (QED) is 0.580. The van der Waals surface area contributed by atoms with Crippen molar-refractivity contribution in [2.75, 3.05) is 27.2 Å². The van der Waals surface area contributed by atoms with Gasteiger partial charge in [0.2, 0.25) is 5.91 Å². The van der Waals surface area contributed by atoms with Gasteiger partial charge >= 0.3 is 0 Å². The van der Waals surface area contributed by atoms with Crippen LogP contribution in [0.25, 0.3) is 0 Å². The van der Waals surface area contributed by atoms with Gasteiger partial charge in [-0.05, 0) is 19.9 Å². The van der Waals surface area contributed by atoms with E-state index in [9.17, 15) is 4.79 Å². The summed E-state index contributed by atoms with van der Waals surface area (Å²) in [6.07, 6.45) is 0.872. The molecule has 1 unspecified atom stereocenters. The van der Waals surface area contributed by atoms with Gasteiger partial charge in [-0.3, -0.25) is 9.79 Å². The summed E-state index contributed by atoms with van der Waals surface area (Å²) >= 11 is 0. The SMILES string of the molecule is CN=C(NCC(C)(C)C(=O)NC)NC1CCOc2ccccc21. The Labute approximate surface area is 137 Å². The highest BCUT2D eigenvalue weighted by Gasteiger charge is 2.27. The molecule has 6 heteroatoms. The molecule has 1 heterocycles. The summed E-state index contributed by atoms with van der Waals surface area (Å²) in [5.41, 5.74) is 0.618. The first-order valence-corrected chi connectivity index (χ1v) is 7.89. The number of hydrogen-bond donors (Lipinski definition) is 3. The summed E-state index contributed by atoms with van der Waals surface area (Å²) in [4.78, 5) is 16.1. The smallest absolute Gasteiger partial charge is 0.227 e. The highest BCUT2D eigenvalue weighted by atomic mass is 16.5. The van der Waals surface area contributed by atoms with Crippen molar-refractivity contribution in [2.45, 2.75) is 26.3 Å². The van der Waals surface area contributed by atoms with E-state index in [0.29, 0.717) is 19.1 Å². The van der Waals surface area contributed by atoms with Gasteiger partial charge in [-0.15, -0.1) is 0 Å². The zero-order valence-corrected chi connectivity index (χ0v) is 14.3. The number of amides is 1. The maximum absolute atomic E-state index is 11.9. The molecule has 1 aromatic rings. The maximum atomic E-state index is 11.9. The second-order valence-corrected chi connectivity index (χ2v) is 6.26. The van der Waals surface area contributed by atoms with Crippen LogP contribution >= 0.6 is 0 Å². The number of rotatable bonds is 4. The van der Waals surface area contributed by atoms with Crippen LogP contribution in [0.1, 0.15) is 31.9 Å². The van der Waals surface area contributed by atoms with Crippen LogP contribution in [0, 0.1) is 5.41 Å². The van der Waals surface area contributed by atoms with E-state index in [4.69, 9.17) is 4.74 Å². The minimum absolute atomic E-state index is 0.00290. The standard InChI is InChI=1S/C17H26N4O2/c1-17(2,15(22)18-3)11-20-16(19-4)21-13-9-10-23-14-8-6-5-7-12(13)14/h5-8,13H,9-11H2,1-4H3,(H,18,22)(H2,19,20,21). The van der Waals surface area contributed by atoms with E-state index in [1.807, 2.05) is 32.0 Å². The zero-order chi connectivity index (χ0) is 16.9. The van der Waals surface area contributed by atoms with Gasteiger partial charge in [-0.2, -0.15) is 0 Å². The van der Waals surface area contributed by atoms with E-state index in [2.05, 4.69) is 27.0 Å². The van der Waals surface area contributed by atoms with Gasteiger partial charge in [0.05, 0.1) is 18.1 Å². The highest BCUT2D eigenvalue weighted by Crippen LogP contribution is 2.31. The highest BCUT2D eigenvalue weighted by molar-refractivity contribution is 5.84. The van der Waals surface area contributed by atoms with E-state index < -0.39 is 5.41 Å². The minimum Gasteiger partial charge on any atom is -0.493 e. The largest absolute Gasteiger partial charge is 0.493 e. The van der Waals surface area contributed by atoms with Crippen molar-refractivity contribution < 1.29 is 9.53 Å². The number of para-hydroxylation sites is 1. The van der Waals surface area contributed by atoms with E-state index in [1.54, 1.807) is 14.1 Å². The number of carbonyl (C=O) groups excluding carboxylic acids is 1. The average Bonchev–Trinajstić information content (AvgIpc) is 2.57. The predicted molar refractivity (Wildman–Crippen MR) is 91.6 cm³/mol. The summed E-state index contributed by atoms with van der Waals surface area (Å²) in [5, 5.41) is 9.34. The van der Waals surface area contributed by atoms with Gasteiger partial charge in [0.25, 0.3) is 0 Å². The number of aliphatic imine (C=N–C) groups is 1. The Morgan fingerprint density at radius 1 is 1.39 bits per heavy atom. The van der Waals surface area contributed by atoms with Crippen LogP contribution in [0.5, 0.6) is 5.75 Å². The molecule has 23 heavy (non-hydrogen) atoms. The van der Waals surface area contributed by atoms with Crippen molar-refractivity contribution in [3.63, 3.8) is 0 Å². The molecular formula is C17H26N4O2. The normalized spacial score (nSPS) is 17.7. The lowest BCUT2D eigenvalue weighted by Crippen LogP contribution is -2.48. The van der Waals surface area contributed by atoms with Gasteiger partial charge in [0.15, 0.2) is 5.96 Å². The minimum atomic E-state index is -0.514. The molecule has 1 aliphatic rings. The molecule has 1 atom stereocenters. The van der Waals surface area contributed by atoms with Gasteiger partial charge < -0.3 is 20.7 Å². The first-order chi connectivity index (χ1) is 11.0. The number of nitrogens with one attached hydrogen (secondary N) is 3. The molecule has 0 aliphatic carbocycles. The maximum Gasteiger partial charge on any atom is 0.227 e. The number of guanidine groups is 1. The van der Waals surface area contributed by atoms with E-state index >= 15 is 0 Å². The van der Waals surface area contributed by atoms with Crippen LogP contribution in [0.2, 0.25) is 0 Å². The lowest BCUT2D eigenvalue weighted by molar-refractivity contribution is -0.128. The fourth-order valence-corrected chi connectivity index (χ4v) is 2.58. The second kappa shape index (κ2) is 7.35. The van der Waals surface area contributed by atoms with E-state index in [1.165, 1.54) is 0 Å². The molecule has 1 amide bonds. The molecule has 0 aromatic heterocycles. The van der Waals surface area contributed by atoms with Crippen molar-refractivity contribution in [1.29, 1.82) is 0 Å². The number of ether oxygens (including phenoxy) is 1. The lowest BCUT2D eigenvalue weighted by atomic mass is 9.92. The molecule has 0 radical (unpaired) electrons. The molecule has 0 saturated carbocycles. The van der Waals surface area contributed by atoms with E-state index in [0.717, 1.165) is 17.7 Å². The molecule has 1 aromatic carbocycles. The average molecular weight is 318 g/mol. The fourth-order valence-electron chi connectivity index (χ4n) is 2.58. The molecule has 2 rings (SSSR count). The Hall–Kier alpha value is -2.24. The number of carbonyl (C=O) groups is 1. The Morgan fingerprint density at radius 3 is 2.83 bits per heavy atom. The van der Waals surface area contributed by atoms with Crippen molar-refractivity contribution in [2.24, 2.45) is 10.4 Å². The summed E-state index contributed by atoms with van der Waals surface area (Å²) in [6, 6.07) is 8.17. The van der Waals surface area contributed by atoms with E-state index in [-0.39, 0.29) is 11.9 Å². The van der Waals surface area contributed by atoms with Crippen LogP contribution in [0.4, 0.5) is 0 Å². The predicted octanol–water partition coefficient (Wildman–Crippen LogP) is 1.45. The van der Waals surface area contributed by atoms with Crippen LogP contribution in [-0.2, 0) is 4.79 Å². The van der Waals surface area contributed by atoms with Crippen molar-refractivity contribution in [3.8, 4) is 5.75 Å². The Bertz CT molecular complexity index is 584. The molecule has 6 nitrogen and oxygen atoms in total. The topological polar surface area (TPSA) is 74.8 Å². The summed E-state index contributed by atoms with van der Waals surface area (Å²) in [5.74, 6) is 1.60. The van der Waals surface area contributed by atoms with Gasteiger partial charge in [0, 0.05) is 32.6 Å². The van der Waals surface area contributed by atoms with Crippen LogP contribution in [0.3, 0.4) is 0 Å². The third-order valence-corrected chi connectivity index (χ3v) is 4.03. The molecule has 0 saturated heterocycles. The third kappa shape index (κ3) is 4.15. The van der Waals surface area contributed by atoms with Gasteiger partial charge in [0.1, 0.15) is 5.75 Å². The molecule has 1 aliphatic heterocycles. The lowest BCUT2D eigenvalue weighted by Gasteiger charge is -2.29.